The molecule has 2 aromatic carbocycles. The van der Waals surface area contributed by atoms with E-state index in [9.17, 15) is 9.59 Å². The van der Waals surface area contributed by atoms with Crippen LogP contribution in [-0.2, 0) is 0 Å². The minimum Gasteiger partial charge on any atom is -0.336 e. The van der Waals surface area contributed by atoms with Crippen molar-refractivity contribution >= 4 is 17.5 Å². The number of nitrogens with zero attached hydrogens (tertiary/aromatic N) is 4. The lowest BCUT2D eigenvalue weighted by Crippen LogP contribution is -2.47. The molecule has 7 heteroatoms. The number of aromatic nitrogens is 2. The smallest absolute Gasteiger partial charge is 0.275 e. The number of para-hydroxylation sites is 1. The van der Waals surface area contributed by atoms with Gasteiger partial charge in [0.2, 0.25) is 0 Å². The van der Waals surface area contributed by atoms with Crippen molar-refractivity contribution in [1.82, 2.24) is 19.8 Å². The predicted molar refractivity (Wildman–Crippen MR) is 115 cm³/mol. The molecule has 4 rings (SSSR count). The van der Waals surface area contributed by atoms with Gasteiger partial charge in [-0.2, -0.15) is 0 Å². The maximum Gasteiger partial charge on any atom is 0.275 e. The Hall–Kier alpha value is -3.58. The van der Waals surface area contributed by atoms with Gasteiger partial charge in [0.15, 0.2) is 0 Å². The fraction of sp³-hybridized carbons (Fsp3) is 0.217. The molecule has 7 nitrogen and oxygen atoms in total. The molecule has 1 N–H and O–H groups in total. The van der Waals surface area contributed by atoms with E-state index in [4.69, 9.17) is 0 Å². The van der Waals surface area contributed by atoms with Crippen LogP contribution >= 0.6 is 0 Å². The lowest BCUT2D eigenvalue weighted by molar-refractivity contribution is 0.0664. The number of nitrogens with one attached hydrogen (secondary N) is 1. The van der Waals surface area contributed by atoms with Crippen molar-refractivity contribution in [2.24, 2.45) is 0 Å². The van der Waals surface area contributed by atoms with Gasteiger partial charge in [0, 0.05) is 43.0 Å². The summed E-state index contributed by atoms with van der Waals surface area (Å²) in [5, 5.41) is 2.81. The number of hydrogen-bond acceptors (Lipinski definition) is 5. The van der Waals surface area contributed by atoms with Gasteiger partial charge in [-0.05, 0) is 31.3 Å². The molecule has 2 heterocycles. The monoisotopic (exact) mass is 401 g/mol. The van der Waals surface area contributed by atoms with Crippen LogP contribution in [0.4, 0.5) is 5.69 Å². The van der Waals surface area contributed by atoms with E-state index in [0.29, 0.717) is 30.0 Å². The van der Waals surface area contributed by atoms with Gasteiger partial charge in [-0.25, -0.2) is 4.98 Å². The van der Waals surface area contributed by atoms with Crippen LogP contribution < -0.4 is 5.32 Å². The maximum absolute atomic E-state index is 12.9. The van der Waals surface area contributed by atoms with Crippen LogP contribution in [0.1, 0.15) is 20.8 Å². The second kappa shape index (κ2) is 8.84. The average molecular weight is 401 g/mol. The molecule has 0 radical (unpaired) electrons. The molecule has 0 saturated carbocycles. The SMILES string of the molecule is CN1CCN(C(=O)c2cccc(-c3cncc(C(=O)Nc4ccccc4)n3)c2)CC1. The van der Waals surface area contributed by atoms with Gasteiger partial charge in [-0.1, -0.05) is 30.3 Å². The van der Waals surface area contributed by atoms with E-state index in [1.54, 1.807) is 6.20 Å². The normalized spacial score (nSPS) is 14.4. The van der Waals surface area contributed by atoms with Crippen LogP contribution in [0.5, 0.6) is 0 Å². The summed E-state index contributed by atoms with van der Waals surface area (Å²) in [5.74, 6) is -0.323. The van der Waals surface area contributed by atoms with E-state index in [-0.39, 0.29) is 17.5 Å². The topological polar surface area (TPSA) is 78.4 Å². The Morgan fingerprint density at radius 3 is 2.47 bits per heavy atom. The van der Waals surface area contributed by atoms with Crippen LogP contribution in [0.2, 0.25) is 0 Å². The number of benzene rings is 2. The average Bonchev–Trinajstić information content (AvgIpc) is 2.80. The highest BCUT2D eigenvalue weighted by Gasteiger charge is 2.21. The minimum absolute atomic E-state index is 0.0101. The molecule has 2 amide bonds. The summed E-state index contributed by atoms with van der Waals surface area (Å²) in [6.45, 7) is 3.17. The molecule has 1 fully saturated rings. The Labute approximate surface area is 175 Å². The second-order valence-corrected chi connectivity index (χ2v) is 7.29. The molecule has 152 valence electrons. The van der Waals surface area contributed by atoms with Crippen molar-refractivity contribution < 1.29 is 9.59 Å². The number of carbonyl (C=O) groups is 2. The van der Waals surface area contributed by atoms with E-state index < -0.39 is 0 Å². The van der Waals surface area contributed by atoms with Crippen LogP contribution in [0.15, 0.2) is 67.0 Å². The second-order valence-electron chi connectivity index (χ2n) is 7.29. The molecule has 0 aliphatic carbocycles. The van der Waals surface area contributed by atoms with Gasteiger partial charge >= 0.3 is 0 Å². The Kier molecular flexibility index (Phi) is 5.81. The van der Waals surface area contributed by atoms with Gasteiger partial charge in [-0.15, -0.1) is 0 Å². The summed E-state index contributed by atoms with van der Waals surface area (Å²) in [6.07, 6.45) is 3.03. The van der Waals surface area contributed by atoms with Gasteiger partial charge in [-0.3, -0.25) is 14.6 Å². The Morgan fingerprint density at radius 1 is 0.933 bits per heavy atom. The molecule has 1 saturated heterocycles. The molecule has 0 bridgehead atoms. The highest BCUT2D eigenvalue weighted by molar-refractivity contribution is 6.03. The Balaban J connectivity index is 1.53. The Morgan fingerprint density at radius 2 is 1.70 bits per heavy atom. The summed E-state index contributed by atoms with van der Waals surface area (Å²) in [6, 6.07) is 16.5. The zero-order chi connectivity index (χ0) is 20.9. The first-order valence-corrected chi connectivity index (χ1v) is 9.87. The third-order valence-electron chi connectivity index (χ3n) is 5.09. The first kappa shape index (κ1) is 19.7. The zero-order valence-electron chi connectivity index (χ0n) is 16.8. The van der Waals surface area contributed by atoms with E-state index in [2.05, 4.69) is 27.2 Å². The fourth-order valence-corrected chi connectivity index (χ4v) is 3.33. The number of likely N-dealkylation sites (N-methyl/N-ethyl adjacent to an activating group) is 1. The summed E-state index contributed by atoms with van der Waals surface area (Å²) >= 11 is 0. The van der Waals surface area contributed by atoms with Crippen LogP contribution in [0, 0.1) is 0 Å². The Bertz CT molecular complexity index is 1050. The summed E-state index contributed by atoms with van der Waals surface area (Å²) in [5.41, 5.74) is 2.81. The number of rotatable bonds is 4. The van der Waals surface area contributed by atoms with E-state index >= 15 is 0 Å². The maximum atomic E-state index is 12.9. The number of piperazine rings is 1. The van der Waals surface area contributed by atoms with Gasteiger partial charge < -0.3 is 15.1 Å². The first-order chi connectivity index (χ1) is 14.6. The zero-order valence-corrected chi connectivity index (χ0v) is 16.8. The van der Waals surface area contributed by atoms with Crippen molar-refractivity contribution in [2.45, 2.75) is 0 Å². The first-order valence-electron chi connectivity index (χ1n) is 9.87. The van der Waals surface area contributed by atoms with Crippen molar-refractivity contribution in [2.75, 3.05) is 38.5 Å². The predicted octanol–water partition coefficient (Wildman–Crippen LogP) is 2.78. The van der Waals surface area contributed by atoms with E-state index in [1.165, 1.54) is 6.20 Å². The van der Waals surface area contributed by atoms with E-state index in [1.807, 2.05) is 59.5 Å². The summed E-state index contributed by atoms with van der Waals surface area (Å²) in [4.78, 5) is 38.1. The molecule has 0 spiro atoms. The molecule has 0 atom stereocenters. The molecule has 1 aromatic heterocycles. The van der Waals surface area contributed by atoms with Crippen molar-refractivity contribution in [3.63, 3.8) is 0 Å². The largest absolute Gasteiger partial charge is 0.336 e. The number of carbonyl (C=O) groups excluding carboxylic acids is 2. The number of hydrogen-bond donors (Lipinski definition) is 1. The van der Waals surface area contributed by atoms with Gasteiger partial charge in [0.1, 0.15) is 5.69 Å². The van der Waals surface area contributed by atoms with Crippen LogP contribution in [0.3, 0.4) is 0 Å². The molecule has 1 aliphatic rings. The third kappa shape index (κ3) is 4.52. The van der Waals surface area contributed by atoms with Crippen molar-refractivity contribution in [3.05, 3.63) is 78.2 Å². The lowest BCUT2D eigenvalue weighted by atomic mass is 10.1. The van der Waals surface area contributed by atoms with Crippen molar-refractivity contribution in [1.29, 1.82) is 0 Å². The molecule has 1 aliphatic heterocycles. The number of anilines is 1. The standard InChI is InChI=1S/C23H23N5O2/c1-27-10-12-28(13-11-27)23(30)18-7-5-6-17(14-18)20-15-24-16-21(26-20)22(29)25-19-8-3-2-4-9-19/h2-9,14-16H,10-13H2,1H3,(H,25,29). The summed E-state index contributed by atoms with van der Waals surface area (Å²) in [7, 11) is 2.06. The van der Waals surface area contributed by atoms with Gasteiger partial charge in [0.25, 0.3) is 11.8 Å². The third-order valence-corrected chi connectivity index (χ3v) is 5.09. The highest BCUT2D eigenvalue weighted by Crippen LogP contribution is 2.20. The van der Waals surface area contributed by atoms with E-state index in [0.717, 1.165) is 18.7 Å². The quantitative estimate of drug-likeness (QED) is 0.727. The fourth-order valence-electron chi connectivity index (χ4n) is 3.33. The minimum atomic E-state index is -0.333. The van der Waals surface area contributed by atoms with Crippen molar-refractivity contribution in [3.8, 4) is 11.3 Å². The molecular weight excluding hydrogens is 378 g/mol. The number of amides is 2. The highest BCUT2D eigenvalue weighted by atomic mass is 16.2. The molecule has 3 aromatic rings. The summed E-state index contributed by atoms with van der Waals surface area (Å²) < 4.78 is 0. The van der Waals surface area contributed by atoms with Crippen LogP contribution in [-0.4, -0.2) is 64.8 Å². The van der Waals surface area contributed by atoms with Crippen LogP contribution in [0.25, 0.3) is 11.3 Å². The molecule has 30 heavy (non-hydrogen) atoms. The lowest BCUT2D eigenvalue weighted by Gasteiger charge is -2.32. The molecular formula is C23H23N5O2. The van der Waals surface area contributed by atoms with Gasteiger partial charge in [0.05, 0.1) is 18.1 Å². The molecule has 0 unspecified atom stereocenters.